The van der Waals surface area contributed by atoms with Crippen LogP contribution in [0.25, 0.3) is 0 Å². The first-order chi connectivity index (χ1) is 9.63. The lowest BCUT2D eigenvalue weighted by Gasteiger charge is -2.04. The van der Waals surface area contributed by atoms with Crippen molar-refractivity contribution in [3.63, 3.8) is 0 Å². The number of carbonyl (C=O) groups excluding carboxylic acids is 1. The number of hydrogen-bond donors (Lipinski definition) is 1. The summed E-state index contributed by atoms with van der Waals surface area (Å²) in [5.74, 6) is -0.469. The van der Waals surface area contributed by atoms with Gasteiger partial charge in [-0.25, -0.2) is 4.79 Å². The maximum atomic E-state index is 11.7. The molecule has 0 spiro atoms. The highest BCUT2D eigenvalue weighted by Gasteiger charge is 2.16. The molecular weight excluding hydrogens is 328 g/mol. The van der Waals surface area contributed by atoms with Crippen LogP contribution in [0.4, 0.5) is 5.69 Å². The number of nitrogens with zero attached hydrogens (tertiary/aromatic N) is 2. The summed E-state index contributed by atoms with van der Waals surface area (Å²) in [6.07, 6.45) is 0. The van der Waals surface area contributed by atoms with E-state index in [1.54, 1.807) is 31.2 Å². The Morgan fingerprint density at radius 2 is 2.10 bits per heavy atom. The molecule has 0 aliphatic carbocycles. The number of rotatable bonds is 6. The first-order valence-corrected chi connectivity index (χ1v) is 6.96. The number of carbonyl (C=O) groups is 1. The van der Waals surface area contributed by atoms with Crippen LogP contribution in [0.1, 0.15) is 6.92 Å². The summed E-state index contributed by atoms with van der Waals surface area (Å²) in [5.41, 5.74) is 0.203. The summed E-state index contributed by atoms with van der Waals surface area (Å²) in [6.45, 7) is 1.85. The second-order valence-electron chi connectivity index (χ2n) is 3.52. The van der Waals surface area contributed by atoms with Gasteiger partial charge >= 0.3 is 5.97 Å². The molecular formula is C13H15BrN2O4. The van der Waals surface area contributed by atoms with E-state index in [2.05, 4.69) is 26.2 Å². The number of azo groups is 1. The SMILES string of the molecule is CCOC(=O)/C(N=Nc1ccccc1OC)=C(/O)CBr. The average Bonchev–Trinajstić information content (AvgIpc) is 2.47. The predicted octanol–water partition coefficient (Wildman–Crippen LogP) is 3.51. The van der Waals surface area contributed by atoms with Crippen LogP contribution in [0.3, 0.4) is 0 Å². The minimum absolute atomic E-state index is 0.0755. The third-order valence-electron chi connectivity index (χ3n) is 2.21. The summed E-state index contributed by atoms with van der Waals surface area (Å²) < 4.78 is 9.92. The van der Waals surface area contributed by atoms with Crippen molar-refractivity contribution in [2.45, 2.75) is 6.92 Å². The molecule has 0 atom stereocenters. The monoisotopic (exact) mass is 342 g/mol. The predicted molar refractivity (Wildman–Crippen MR) is 77.6 cm³/mol. The molecule has 108 valence electrons. The van der Waals surface area contributed by atoms with Crippen LogP contribution < -0.4 is 4.74 Å². The van der Waals surface area contributed by atoms with E-state index in [-0.39, 0.29) is 23.4 Å². The summed E-state index contributed by atoms with van der Waals surface area (Å²) in [5, 5.41) is 17.4. The minimum Gasteiger partial charge on any atom is -0.509 e. The van der Waals surface area contributed by atoms with Crippen molar-refractivity contribution in [2.75, 3.05) is 19.0 Å². The van der Waals surface area contributed by atoms with Gasteiger partial charge in [0.1, 0.15) is 17.2 Å². The van der Waals surface area contributed by atoms with Gasteiger partial charge in [-0.15, -0.1) is 10.2 Å². The van der Waals surface area contributed by atoms with Crippen molar-refractivity contribution in [2.24, 2.45) is 10.2 Å². The highest BCUT2D eigenvalue weighted by atomic mass is 79.9. The molecule has 7 heteroatoms. The van der Waals surface area contributed by atoms with Crippen molar-refractivity contribution in [3.8, 4) is 5.75 Å². The van der Waals surface area contributed by atoms with Gasteiger partial charge in [-0.1, -0.05) is 28.1 Å². The standard InChI is InChI=1S/C13H15BrN2O4/c1-3-20-13(18)12(10(17)8-14)16-15-9-6-4-5-7-11(9)19-2/h4-7,17H,3,8H2,1-2H3/b12-10-,16-15?. The third kappa shape index (κ3) is 4.34. The van der Waals surface area contributed by atoms with E-state index in [0.29, 0.717) is 11.4 Å². The number of allylic oxidation sites excluding steroid dienone is 1. The van der Waals surface area contributed by atoms with E-state index in [9.17, 15) is 9.90 Å². The molecule has 0 aromatic heterocycles. The fourth-order valence-corrected chi connectivity index (χ4v) is 1.56. The normalized spacial score (nSPS) is 12.2. The van der Waals surface area contributed by atoms with Crippen LogP contribution in [0.5, 0.6) is 5.75 Å². The molecule has 1 rings (SSSR count). The first kappa shape index (κ1) is 16.2. The Morgan fingerprint density at radius 3 is 2.70 bits per heavy atom. The van der Waals surface area contributed by atoms with Gasteiger partial charge < -0.3 is 14.6 Å². The van der Waals surface area contributed by atoms with Gasteiger partial charge in [0.15, 0.2) is 0 Å². The van der Waals surface area contributed by atoms with Gasteiger partial charge in [-0.2, -0.15) is 0 Å². The molecule has 0 aliphatic heterocycles. The molecule has 0 amide bonds. The maximum Gasteiger partial charge on any atom is 0.362 e. The fourth-order valence-electron chi connectivity index (χ4n) is 1.30. The highest BCUT2D eigenvalue weighted by Crippen LogP contribution is 2.27. The number of ether oxygens (including phenoxy) is 2. The zero-order valence-corrected chi connectivity index (χ0v) is 12.8. The molecule has 6 nitrogen and oxygen atoms in total. The second kappa shape index (κ2) is 8.31. The lowest BCUT2D eigenvalue weighted by molar-refractivity contribution is -0.138. The van der Waals surface area contributed by atoms with E-state index in [1.165, 1.54) is 7.11 Å². The van der Waals surface area contributed by atoms with Crippen LogP contribution in [0.2, 0.25) is 0 Å². The maximum absolute atomic E-state index is 11.7. The molecule has 0 unspecified atom stereocenters. The molecule has 0 heterocycles. The zero-order chi connectivity index (χ0) is 15.0. The van der Waals surface area contributed by atoms with Gasteiger partial charge in [0.25, 0.3) is 0 Å². The second-order valence-corrected chi connectivity index (χ2v) is 4.08. The molecule has 0 saturated carbocycles. The van der Waals surface area contributed by atoms with Crippen LogP contribution >= 0.6 is 15.9 Å². The lowest BCUT2D eigenvalue weighted by atomic mass is 10.3. The van der Waals surface area contributed by atoms with Gasteiger partial charge in [-0.3, -0.25) is 0 Å². The largest absolute Gasteiger partial charge is 0.509 e. The summed E-state index contributed by atoms with van der Waals surface area (Å²) >= 11 is 3.05. The molecule has 0 fully saturated rings. The highest BCUT2D eigenvalue weighted by molar-refractivity contribution is 9.09. The van der Waals surface area contributed by atoms with E-state index in [4.69, 9.17) is 9.47 Å². The summed E-state index contributed by atoms with van der Waals surface area (Å²) in [6, 6.07) is 6.94. The van der Waals surface area contributed by atoms with Crippen molar-refractivity contribution < 1.29 is 19.4 Å². The number of hydrogen-bond acceptors (Lipinski definition) is 6. The van der Waals surface area contributed by atoms with Crippen LogP contribution in [-0.4, -0.2) is 30.1 Å². The van der Waals surface area contributed by atoms with Gasteiger partial charge in [0, 0.05) is 0 Å². The zero-order valence-electron chi connectivity index (χ0n) is 11.2. The van der Waals surface area contributed by atoms with Crippen LogP contribution in [0.15, 0.2) is 46.0 Å². The lowest BCUT2D eigenvalue weighted by Crippen LogP contribution is -2.09. The summed E-state index contributed by atoms with van der Waals surface area (Å²) in [4.78, 5) is 11.7. The number of esters is 1. The number of methoxy groups -OCH3 is 1. The van der Waals surface area contributed by atoms with Crippen molar-refractivity contribution in [1.82, 2.24) is 0 Å². The Labute approximate surface area is 125 Å². The molecule has 20 heavy (non-hydrogen) atoms. The quantitative estimate of drug-likeness (QED) is 0.282. The molecule has 1 N–H and O–H groups in total. The van der Waals surface area contributed by atoms with Gasteiger partial charge in [-0.05, 0) is 19.1 Å². The van der Waals surface area contributed by atoms with E-state index < -0.39 is 5.97 Å². The fraction of sp³-hybridized carbons (Fsp3) is 0.308. The Balaban J connectivity index is 3.07. The van der Waals surface area contributed by atoms with Crippen LogP contribution in [-0.2, 0) is 9.53 Å². The number of para-hydroxylation sites is 1. The first-order valence-electron chi connectivity index (χ1n) is 5.84. The molecule has 1 aromatic rings. The molecule has 0 aliphatic rings. The van der Waals surface area contributed by atoms with E-state index in [1.807, 2.05) is 0 Å². The Hall–Kier alpha value is -1.89. The Bertz CT molecular complexity index is 529. The molecule has 0 radical (unpaired) electrons. The molecule has 0 saturated heterocycles. The van der Waals surface area contributed by atoms with Crippen LogP contribution in [0, 0.1) is 0 Å². The van der Waals surface area contributed by atoms with E-state index in [0.717, 1.165) is 0 Å². The molecule has 0 bridgehead atoms. The minimum atomic E-state index is -0.733. The number of halogens is 1. The number of aliphatic hydroxyl groups is 1. The van der Waals surface area contributed by atoms with Gasteiger partial charge in [0.2, 0.25) is 5.70 Å². The van der Waals surface area contributed by atoms with Crippen molar-refractivity contribution >= 4 is 27.6 Å². The van der Waals surface area contributed by atoms with Gasteiger partial charge in [0.05, 0.1) is 19.0 Å². The van der Waals surface area contributed by atoms with Crippen molar-refractivity contribution in [1.29, 1.82) is 0 Å². The molecule has 1 aromatic carbocycles. The number of benzene rings is 1. The topological polar surface area (TPSA) is 80.5 Å². The third-order valence-corrected chi connectivity index (χ3v) is 2.74. The number of aliphatic hydroxyl groups excluding tert-OH is 1. The average molecular weight is 343 g/mol. The summed E-state index contributed by atoms with van der Waals surface area (Å²) in [7, 11) is 1.51. The Kier molecular flexibility index (Phi) is 6.72. The van der Waals surface area contributed by atoms with E-state index >= 15 is 0 Å². The Morgan fingerprint density at radius 1 is 1.40 bits per heavy atom. The number of alkyl halides is 1. The smallest absolute Gasteiger partial charge is 0.362 e. The van der Waals surface area contributed by atoms with Crippen molar-refractivity contribution in [3.05, 3.63) is 35.7 Å².